The zero-order valence-corrected chi connectivity index (χ0v) is 20.2. The van der Waals surface area contributed by atoms with E-state index in [1.165, 1.54) is 0 Å². The fraction of sp³-hybridized carbons (Fsp3) is 0.174. The normalized spacial score (nSPS) is 16.1. The Hall–Kier alpha value is -2.25. The molecule has 0 fully saturated rings. The van der Waals surface area contributed by atoms with Gasteiger partial charge >= 0.3 is 0 Å². The van der Waals surface area contributed by atoms with Crippen molar-refractivity contribution in [2.75, 3.05) is 5.32 Å². The summed E-state index contributed by atoms with van der Waals surface area (Å²) in [5.74, 6) is 0. The number of nitrogens with zero attached hydrogens (tertiary/aromatic N) is 1. The van der Waals surface area contributed by atoms with Crippen LogP contribution in [0, 0.1) is 6.92 Å². The number of anilines is 1. The van der Waals surface area contributed by atoms with E-state index in [1.807, 2.05) is 25.1 Å². The van der Waals surface area contributed by atoms with Crippen molar-refractivity contribution in [3.63, 3.8) is 0 Å². The maximum atomic E-state index is 13.2. The summed E-state index contributed by atoms with van der Waals surface area (Å²) in [6.07, 6.45) is 5.76. The highest BCUT2D eigenvalue weighted by Gasteiger charge is 2.21. The largest absolute Gasteiger partial charge is 0.380 e. The molecular formula is C23H20Cl3N3O2S. The molecular weight excluding hydrogens is 489 g/mol. The Balaban J connectivity index is 1.68. The van der Waals surface area contributed by atoms with E-state index in [0.29, 0.717) is 45.3 Å². The summed E-state index contributed by atoms with van der Waals surface area (Å²) in [4.78, 5) is 4.64. The van der Waals surface area contributed by atoms with Gasteiger partial charge in [-0.15, -0.1) is 11.6 Å². The van der Waals surface area contributed by atoms with Crippen LogP contribution >= 0.6 is 34.8 Å². The maximum Gasteiger partial charge on any atom is 0.264 e. The second-order valence-electron chi connectivity index (χ2n) is 7.44. The van der Waals surface area contributed by atoms with Gasteiger partial charge in [-0.25, -0.2) is 8.42 Å². The van der Waals surface area contributed by atoms with Crippen LogP contribution in [0.5, 0.6) is 0 Å². The number of hydrogen-bond donors (Lipinski definition) is 2. The molecule has 3 aromatic rings. The van der Waals surface area contributed by atoms with Crippen molar-refractivity contribution in [3.8, 4) is 0 Å². The predicted molar refractivity (Wildman–Crippen MR) is 132 cm³/mol. The number of pyridine rings is 1. The molecule has 166 valence electrons. The van der Waals surface area contributed by atoms with Gasteiger partial charge in [0.25, 0.3) is 10.0 Å². The van der Waals surface area contributed by atoms with Crippen molar-refractivity contribution in [2.24, 2.45) is 0 Å². The Morgan fingerprint density at radius 3 is 2.66 bits per heavy atom. The third-order valence-electron chi connectivity index (χ3n) is 4.99. The van der Waals surface area contributed by atoms with Crippen molar-refractivity contribution in [1.29, 1.82) is 0 Å². The molecule has 4 rings (SSSR count). The van der Waals surface area contributed by atoms with Crippen LogP contribution in [0.15, 0.2) is 71.3 Å². The number of rotatable bonds is 6. The van der Waals surface area contributed by atoms with E-state index in [1.54, 1.807) is 42.5 Å². The second kappa shape index (κ2) is 9.32. The van der Waals surface area contributed by atoms with Crippen LogP contribution in [0.4, 0.5) is 5.69 Å². The van der Waals surface area contributed by atoms with Crippen LogP contribution in [-0.2, 0) is 16.6 Å². The molecule has 1 atom stereocenters. The highest BCUT2D eigenvalue weighted by Crippen LogP contribution is 2.30. The SMILES string of the molecule is Cc1cc(NCc2ccc(Cl)c(Cl)c2)c2cccc(S(=O)(=O)NC3=CCC(Cl)C=C3)c2n1. The molecule has 0 aliphatic heterocycles. The van der Waals surface area contributed by atoms with Gasteiger partial charge in [0.1, 0.15) is 4.90 Å². The molecule has 0 spiro atoms. The van der Waals surface area contributed by atoms with Crippen molar-refractivity contribution in [1.82, 2.24) is 9.71 Å². The second-order valence-corrected chi connectivity index (χ2v) is 10.5. The Morgan fingerprint density at radius 1 is 1.12 bits per heavy atom. The number of sulfonamides is 1. The summed E-state index contributed by atoms with van der Waals surface area (Å²) in [5, 5.41) is 4.91. The number of para-hydroxylation sites is 1. The minimum atomic E-state index is -3.85. The van der Waals surface area contributed by atoms with Crippen molar-refractivity contribution in [2.45, 2.75) is 30.2 Å². The lowest BCUT2D eigenvalue weighted by Crippen LogP contribution is -2.24. The minimum absolute atomic E-state index is 0.110. The molecule has 1 aliphatic rings. The van der Waals surface area contributed by atoms with Crippen LogP contribution in [0.25, 0.3) is 10.9 Å². The Kier molecular flexibility index (Phi) is 6.67. The number of allylic oxidation sites excluding steroid dienone is 3. The number of alkyl halides is 1. The lowest BCUT2D eigenvalue weighted by molar-refractivity contribution is 0.589. The minimum Gasteiger partial charge on any atom is -0.380 e. The first-order valence-electron chi connectivity index (χ1n) is 9.86. The quantitative estimate of drug-likeness (QED) is 0.389. The molecule has 5 nitrogen and oxygen atoms in total. The molecule has 0 saturated heterocycles. The molecule has 2 aromatic carbocycles. The van der Waals surface area contributed by atoms with Crippen LogP contribution in [-0.4, -0.2) is 18.8 Å². The molecule has 0 bridgehead atoms. The summed E-state index contributed by atoms with van der Waals surface area (Å²) in [7, 11) is -3.85. The van der Waals surface area contributed by atoms with E-state index in [-0.39, 0.29) is 10.3 Å². The number of benzene rings is 2. The molecule has 2 N–H and O–H groups in total. The number of nitrogens with one attached hydrogen (secondary N) is 2. The van der Waals surface area contributed by atoms with E-state index in [9.17, 15) is 8.42 Å². The van der Waals surface area contributed by atoms with Gasteiger partial charge in [0.05, 0.1) is 20.9 Å². The van der Waals surface area contributed by atoms with Crippen LogP contribution in [0.3, 0.4) is 0 Å². The van der Waals surface area contributed by atoms with Crippen molar-refractivity contribution >= 4 is 61.4 Å². The van der Waals surface area contributed by atoms with Gasteiger partial charge in [-0.05, 0) is 49.2 Å². The third-order valence-corrected chi connectivity index (χ3v) is 7.46. The van der Waals surface area contributed by atoms with E-state index in [2.05, 4.69) is 15.0 Å². The van der Waals surface area contributed by atoms with Gasteiger partial charge in [-0.1, -0.05) is 53.6 Å². The Labute approximate surface area is 202 Å². The summed E-state index contributed by atoms with van der Waals surface area (Å²) >= 11 is 18.1. The predicted octanol–water partition coefficient (Wildman–Crippen LogP) is 6.19. The molecule has 1 heterocycles. The number of aryl methyl sites for hydroxylation is 1. The van der Waals surface area contributed by atoms with E-state index < -0.39 is 10.0 Å². The average Bonchev–Trinajstić information content (AvgIpc) is 2.75. The highest BCUT2D eigenvalue weighted by molar-refractivity contribution is 7.89. The van der Waals surface area contributed by atoms with E-state index >= 15 is 0 Å². The lowest BCUT2D eigenvalue weighted by Gasteiger charge is -2.16. The fourth-order valence-corrected chi connectivity index (χ4v) is 5.16. The molecule has 0 radical (unpaired) electrons. The summed E-state index contributed by atoms with van der Waals surface area (Å²) < 4.78 is 29.0. The van der Waals surface area contributed by atoms with Crippen LogP contribution < -0.4 is 10.0 Å². The van der Waals surface area contributed by atoms with Gasteiger partial charge in [0.15, 0.2) is 0 Å². The van der Waals surface area contributed by atoms with E-state index in [0.717, 1.165) is 11.3 Å². The van der Waals surface area contributed by atoms with Gasteiger partial charge in [0.2, 0.25) is 0 Å². The van der Waals surface area contributed by atoms with Crippen molar-refractivity contribution < 1.29 is 8.42 Å². The Bertz CT molecular complexity index is 1350. The van der Waals surface area contributed by atoms with E-state index in [4.69, 9.17) is 34.8 Å². The first-order chi connectivity index (χ1) is 15.2. The first kappa shape index (κ1) is 22.9. The zero-order chi connectivity index (χ0) is 22.9. The average molecular weight is 509 g/mol. The van der Waals surface area contributed by atoms with Crippen LogP contribution in [0.2, 0.25) is 10.0 Å². The lowest BCUT2D eigenvalue weighted by atomic mass is 10.1. The van der Waals surface area contributed by atoms with Crippen molar-refractivity contribution in [3.05, 3.63) is 87.7 Å². The standard InChI is InChI=1S/C23H20Cl3N3O2S/c1-14-11-21(27-13-15-5-10-19(25)20(26)12-15)18-3-2-4-22(23(18)28-14)32(30,31)29-17-8-6-16(24)7-9-17/h2-6,8-12,16,29H,7,13H2,1H3,(H,27,28). The smallest absolute Gasteiger partial charge is 0.264 e. The topological polar surface area (TPSA) is 71.1 Å². The number of fused-ring (bicyclic) bond motifs is 1. The van der Waals surface area contributed by atoms with Gasteiger partial charge in [-0.2, -0.15) is 0 Å². The summed E-state index contributed by atoms with van der Waals surface area (Å²) in [6, 6.07) is 12.4. The maximum absolute atomic E-state index is 13.2. The van der Waals surface area contributed by atoms with Gasteiger partial charge in [0, 0.05) is 29.0 Å². The molecule has 0 saturated carbocycles. The van der Waals surface area contributed by atoms with Crippen LogP contribution in [0.1, 0.15) is 17.7 Å². The molecule has 0 amide bonds. The monoisotopic (exact) mass is 507 g/mol. The molecule has 32 heavy (non-hydrogen) atoms. The number of aromatic nitrogens is 1. The van der Waals surface area contributed by atoms with Gasteiger partial charge < -0.3 is 5.32 Å². The number of hydrogen-bond acceptors (Lipinski definition) is 4. The molecule has 9 heteroatoms. The fourth-order valence-electron chi connectivity index (χ4n) is 3.44. The molecule has 1 unspecified atom stereocenters. The van der Waals surface area contributed by atoms with Gasteiger partial charge in [-0.3, -0.25) is 9.71 Å². The summed E-state index contributed by atoms with van der Waals surface area (Å²) in [6.45, 7) is 2.32. The first-order valence-corrected chi connectivity index (χ1v) is 12.5. The molecule has 1 aliphatic carbocycles. The summed E-state index contributed by atoms with van der Waals surface area (Å²) in [5.41, 5.74) is 3.30. The number of halogens is 3. The molecule has 1 aromatic heterocycles. The Morgan fingerprint density at radius 2 is 1.94 bits per heavy atom. The third kappa shape index (κ3) is 5.04. The zero-order valence-electron chi connectivity index (χ0n) is 17.1. The highest BCUT2D eigenvalue weighted by atomic mass is 35.5.